The SMILES string of the molecule is CCC(NC(=O)CS(C)(=O)=O)C(=O)O. The van der Waals surface area contributed by atoms with Crippen LogP contribution >= 0.6 is 0 Å². The lowest BCUT2D eigenvalue weighted by atomic mass is 10.2. The molecule has 7 heteroatoms. The van der Waals surface area contributed by atoms with E-state index in [1.54, 1.807) is 6.92 Å². The summed E-state index contributed by atoms with van der Waals surface area (Å²) >= 11 is 0. The molecule has 0 aliphatic rings. The molecule has 0 aromatic carbocycles. The first-order valence-electron chi connectivity index (χ1n) is 3.96. The zero-order chi connectivity index (χ0) is 11.4. The number of sulfone groups is 1. The maximum absolute atomic E-state index is 11.0. The summed E-state index contributed by atoms with van der Waals surface area (Å²) in [5.41, 5.74) is 0. The minimum Gasteiger partial charge on any atom is -0.480 e. The molecular formula is C7H13NO5S. The quantitative estimate of drug-likeness (QED) is 0.623. The van der Waals surface area contributed by atoms with Gasteiger partial charge in [0.2, 0.25) is 5.91 Å². The van der Waals surface area contributed by atoms with Crippen LogP contribution in [-0.4, -0.2) is 43.5 Å². The molecule has 0 radical (unpaired) electrons. The molecule has 0 rings (SSSR count). The molecule has 0 aliphatic carbocycles. The maximum Gasteiger partial charge on any atom is 0.326 e. The lowest BCUT2D eigenvalue weighted by Crippen LogP contribution is -2.42. The lowest BCUT2D eigenvalue weighted by Gasteiger charge is -2.11. The molecule has 1 unspecified atom stereocenters. The van der Waals surface area contributed by atoms with Gasteiger partial charge in [-0.2, -0.15) is 0 Å². The van der Waals surface area contributed by atoms with E-state index in [1.165, 1.54) is 0 Å². The molecular weight excluding hydrogens is 210 g/mol. The Morgan fingerprint density at radius 3 is 2.21 bits per heavy atom. The van der Waals surface area contributed by atoms with Crippen LogP contribution in [-0.2, 0) is 19.4 Å². The third-order valence-corrected chi connectivity index (χ3v) is 2.22. The van der Waals surface area contributed by atoms with E-state index in [4.69, 9.17) is 5.11 Å². The molecule has 1 atom stereocenters. The standard InChI is InChI=1S/C7H13NO5S/c1-3-5(7(10)11)8-6(9)4-14(2,12)13/h5H,3-4H2,1-2H3,(H,8,9)(H,10,11). The molecule has 0 aromatic rings. The number of amides is 1. The van der Waals surface area contributed by atoms with Crippen LogP contribution in [0.15, 0.2) is 0 Å². The topological polar surface area (TPSA) is 101 Å². The van der Waals surface area contributed by atoms with Crippen molar-refractivity contribution in [3.63, 3.8) is 0 Å². The molecule has 14 heavy (non-hydrogen) atoms. The van der Waals surface area contributed by atoms with Crippen molar-refractivity contribution in [1.29, 1.82) is 0 Å². The van der Waals surface area contributed by atoms with Crippen LogP contribution < -0.4 is 5.32 Å². The summed E-state index contributed by atoms with van der Waals surface area (Å²) < 4.78 is 21.3. The number of hydrogen-bond donors (Lipinski definition) is 2. The Morgan fingerprint density at radius 2 is 1.93 bits per heavy atom. The second-order valence-corrected chi connectivity index (χ2v) is 5.08. The van der Waals surface area contributed by atoms with Gasteiger partial charge in [0, 0.05) is 6.26 Å². The van der Waals surface area contributed by atoms with E-state index in [2.05, 4.69) is 5.32 Å². The van der Waals surface area contributed by atoms with Gasteiger partial charge in [0.15, 0.2) is 9.84 Å². The third-order valence-electron chi connectivity index (χ3n) is 1.43. The number of carboxylic acid groups (broad SMARTS) is 1. The molecule has 82 valence electrons. The molecule has 0 fully saturated rings. The van der Waals surface area contributed by atoms with E-state index in [9.17, 15) is 18.0 Å². The van der Waals surface area contributed by atoms with E-state index in [0.29, 0.717) is 0 Å². The minimum atomic E-state index is -3.41. The molecule has 0 spiro atoms. The summed E-state index contributed by atoms with van der Waals surface area (Å²) in [6.07, 6.45) is 1.12. The molecule has 0 aliphatic heterocycles. The van der Waals surface area contributed by atoms with E-state index in [-0.39, 0.29) is 6.42 Å². The Balaban J connectivity index is 4.25. The van der Waals surface area contributed by atoms with Crippen LogP contribution in [0.1, 0.15) is 13.3 Å². The van der Waals surface area contributed by atoms with Crippen LogP contribution in [0.5, 0.6) is 0 Å². The first-order chi connectivity index (χ1) is 6.26. The fourth-order valence-electron chi connectivity index (χ4n) is 0.813. The van der Waals surface area contributed by atoms with Crippen molar-refractivity contribution in [2.45, 2.75) is 19.4 Å². The Labute approximate surface area is 82.2 Å². The normalized spacial score (nSPS) is 13.3. The average molecular weight is 223 g/mol. The first-order valence-corrected chi connectivity index (χ1v) is 6.02. The van der Waals surface area contributed by atoms with Gasteiger partial charge >= 0.3 is 5.97 Å². The number of carbonyl (C=O) groups excluding carboxylic acids is 1. The van der Waals surface area contributed by atoms with Crippen LogP contribution in [0.3, 0.4) is 0 Å². The van der Waals surface area contributed by atoms with Gasteiger partial charge in [-0.1, -0.05) is 6.92 Å². The molecule has 0 aromatic heterocycles. The van der Waals surface area contributed by atoms with E-state index in [1.807, 2.05) is 0 Å². The molecule has 0 saturated heterocycles. The van der Waals surface area contributed by atoms with Crippen molar-refractivity contribution >= 4 is 21.7 Å². The summed E-state index contributed by atoms with van der Waals surface area (Å²) in [6, 6.07) is -1.02. The van der Waals surface area contributed by atoms with E-state index < -0.39 is 33.5 Å². The van der Waals surface area contributed by atoms with Gasteiger partial charge in [-0.05, 0) is 6.42 Å². The van der Waals surface area contributed by atoms with Crippen molar-refractivity contribution in [2.75, 3.05) is 12.0 Å². The summed E-state index contributed by atoms with van der Waals surface area (Å²) in [6.45, 7) is 1.58. The Kier molecular flexibility index (Phi) is 4.55. The zero-order valence-electron chi connectivity index (χ0n) is 7.98. The smallest absolute Gasteiger partial charge is 0.326 e. The van der Waals surface area contributed by atoms with E-state index >= 15 is 0 Å². The van der Waals surface area contributed by atoms with Crippen LogP contribution in [0, 0.1) is 0 Å². The van der Waals surface area contributed by atoms with Crippen LogP contribution in [0.4, 0.5) is 0 Å². The van der Waals surface area contributed by atoms with Gasteiger partial charge in [0.1, 0.15) is 11.8 Å². The molecule has 6 nitrogen and oxygen atoms in total. The highest BCUT2D eigenvalue weighted by Crippen LogP contribution is 1.92. The number of hydrogen-bond acceptors (Lipinski definition) is 4. The summed E-state index contributed by atoms with van der Waals surface area (Å²) in [5.74, 6) is -2.65. The van der Waals surface area contributed by atoms with Crippen LogP contribution in [0.25, 0.3) is 0 Å². The molecule has 1 amide bonds. The first kappa shape index (κ1) is 12.9. The molecule has 0 saturated carbocycles. The zero-order valence-corrected chi connectivity index (χ0v) is 8.80. The Bertz CT molecular complexity index is 321. The highest BCUT2D eigenvalue weighted by Gasteiger charge is 2.19. The van der Waals surface area contributed by atoms with Gasteiger partial charge in [-0.15, -0.1) is 0 Å². The van der Waals surface area contributed by atoms with Gasteiger partial charge < -0.3 is 10.4 Å². The van der Waals surface area contributed by atoms with Crippen molar-refractivity contribution < 1.29 is 23.1 Å². The number of aliphatic carboxylic acids is 1. The summed E-state index contributed by atoms with van der Waals surface area (Å²) in [7, 11) is -3.41. The highest BCUT2D eigenvalue weighted by atomic mass is 32.2. The largest absolute Gasteiger partial charge is 0.480 e. The fourth-order valence-corrected chi connectivity index (χ4v) is 1.37. The van der Waals surface area contributed by atoms with E-state index in [0.717, 1.165) is 6.26 Å². The summed E-state index contributed by atoms with van der Waals surface area (Å²) in [4.78, 5) is 21.4. The van der Waals surface area contributed by atoms with Gasteiger partial charge in [0.05, 0.1) is 0 Å². The predicted molar refractivity (Wildman–Crippen MR) is 49.6 cm³/mol. The molecule has 0 bridgehead atoms. The van der Waals surface area contributed by atoms with Gasteiger partial charge in [-0.3, -0.25) is 4.79 Å². The number of carboxylic acids is 1. The second-order valence-electron chi connectivity index (χ2n) is 2.94. The van der Waals surface area contributed by atoms with Gasteiger partial charge in [-0.25, -0.2) is 13.2 Å². The average Bonchev–Trinajstić information content (AvgIpc) is 1.96. The van der Waals surface area contributed by atoms with Crippen molar-refractivity contribution in [3.05, 3.63) is 0 Å². The molecule has 2 N–H and O–H groups in total. The van der Waals surface area contributed by atoms with Gasteiger partial charge in [0.25, 0.3) is 0 Å². The van der Waals surface area contributed by atoms with Crippen molar-refractivity contribution in [2.24, 2.45) is 0 Å². The third kappa shape index (κ3) is 5.52. The molecule has 0 heterocycles. The number of rotatable bonds is 5. The minimum absolute atomic E-state index is 0.213. The summed E-state index contributed by atoms with van der Waals surface area (Å²) in [5, 5.41) is 10.7. The second kappa shape index (κ2) is 4.94. The number of carbonyl (C=O) groups is 2. The van der Waals surface area contributed by atoms with Crippen LogP contribution in [0.2, 0.25) is 0 Å². The maximum atomic E-state index is 11.0. The Morgan fingerprint density at radius 1 is 1.43 bits per heavy atom. The highest BCUT2D eigenvalue weighted by molar-refractivity contribution is 7.91. The van der Waals surface area contributed by atoms with Crippen molar-refractivity contribution in [3.8, 4) is 0 Å². The number of nitrogens with one attached hydrogen (secondary N) is 1. The predicted octanol–water partition coefficient (Wildman–Crippen LogP) is -0.990. The fraction of sp³-hybridized carbons (Fsp3) is 0.714. The van der Waals surface area contributed by atoms with Crippen molar-refractivity contribution in [1.82, 2.24) is 5.32 Å². The Hall–Kier alpha value is -1.11. The lowest BCUT2D eigenvalue weighted by molar-refractivity contribution is -0.141. The monoisotopic (exact) mass is 223 g/mol.